The predicted octanol–water partition coefficient (Wildman–Crippen LogP) is 7.12. The summed E-state index contributed by atoms with van der Waals surface area (Å²) >= 11 is 0. The summed E-state index contributed by atoms with van der Waals surface area (Å²) in [5.74, 6) is -2.36. The third kappa shape index (κ3) is 11.8. The number of carbonyl (C=O) groups excluding carboxylic acids is 3. The van der Waals surface area contributed by atoms with Crippen LogP contribution in [0.15, 0.2) is 35.9 Å². The van der Waals surface area contributed by atoms with E-state index in [1.54, 1.807) is 54.2 Å². The number of likely N-dealkylation sites (N-methyl/N-ethyl adjacent to an activating group) is 1. The van der Waals surface area contributed by atoms with E-state index in [0.717, 1.165) is 19.3 Å². The fraction of sp³-hybridized carbons (Fsp3) is 0.788. The number of esters is 1. The molecular formula is C52H81N3O13. The van der Waals surface area contributed by atoms with Gasteiger partial charge in [-0.15, -0.1) is 0 Å². The van der Waals surface area contributed by atoms with Gasteiger partial charge in [-0.2, -0.15) is 0 Å². The van der Waals surface area contributed by atoms with Crippen molar-refractivity contribution >= 4 is 29.2 Å². The van der Waals surface area contributed by atoms with Crippen LogP contribution >= 0.6 is 0 Å². The topological polar surface area (TPSA) is 182 Å². The Balaban J connectivity index is 1.21. The number of hydrogen-bond donors (Lipinski definition) is 3. The van der Waals surface area contributed by atoms with Crippen molar-refractivity contribution in [3.63, 3.8) is 0 Å². The SMILES string of the molecule is CC[C@H]1CCC[C@H](O[C@H]2CC[C@H](N(C)C)C(C)O2)[C@@H](C)C(=O)C2=C[C@H]3[C@@H]4C[C@H](O[C@@H]5OC(C)[C@H](OC)C(OC)[C@@H]5OC)C[C@H]4[C@@H](O)[C@H](Nc4ccc(NC(=O)OC(C)(C)C)cc4)[C@H]3[C@@H]2CC(=O)O1. The molecule has 3 heterocycles. The maximum Gasteiger partial charge on any atom is 0.412 e. The van der Waals surface area contributed by atoms with Crippen molar-refractivity contribution in [3.05, 3.63) is 35.9 Å². The Morgan fingerprint density at radius 3 is 2.16 bits per heavy atom. The molecule has 7 rings (SSSR count). The number of aliphatic hydroxyl groups is 1. The van der Waals surface area contributed by atoms with Gasteiger partial charge in [-0.1, -0.05) is 19.9 Å². The van der Waals surface area contributed by atoms with Crippen LogP contribution in [0.25, 0.3) is 0 Å². The van der Waals surface area contributed by atoms with E-state index < -0.39 is 66.6 Å². The number of ether oxygens (including phenoxy) is 9. The normalized spacial score (nSPS) is 40.2. The first-order valence-electron chi connectivity index (χ1n) is 25.2. The largest absolute Gasteiger partial charge is 0.462 e. The average molecular weight is 956 g/mol. The van der Waals surface area contributed by atoms with Gasteiger partial charge in [-0.05, 0) is 154 Å². The smallest absolute Gasteiger partial charge is 0.412 e. The molecule has 0 radical (unpaired) electrons. The van der Waals surface area contributed by atoms with Gasteiger partial charge in [0.1, 0.15) is 30.0 Å². The highest BCUT2D eigenvalue weighted by atomic mass is 16.7. The Morgan fingerprint density at radius 2 is 1.53 bits per heavy atom. The molecule has 1 aromatic rings. The van der Waals surface area contributed by atoms with Crippen molar-refractivity contribution in [2.75, 3.05) is 46.1 Å². The molecule has 16 nitrogen and oxygen atoms in total. The Hall–Kier alpha value is -3.19. The lowest BCUT2D eigenvalue weighted by atomic mass is 9.62. The van der Waals surface area contributed by atoms with Gasteiger partial charge in [-0.25, -0.2) is 4.79 Å². The van der Waals surface area contributed by atoms with E-state index in [9.17, 15) is 14.7 Å². The summed E-state index contributed by atoms with van der Waals surface area (Å²) in [7, 11) is 8.99. The Labute approximate surface area is 404 Å². The van der Waals surface area contributed by atoms with Crippen LogP contribution in [-0.4, -0.2) is 148 Å². The molecule has 3 saturated heterocycles. The molecule has 6 aliphatic rings. The maximum atomic E-state index is 15.3. The number of nitrogens with one attached hydrogen (secondary N) is 2. The highest BCUT2D eigenvalue weighted by Crippen LogP contribution is 2.57. The number of fused-ring (bicyclic) bond motifs is 5. The number of Topliss-reactive ketones (excluding diaryl/α,β-unsaturated/α-hetero) is 1. The van der Waals surface area contributed by atoms with Gasteiger partial charge in [0.05, 0.1) is 43.0 Å². The molecule has 3 aliphatic carbocycles. The molecule has 68 heavy (non-hydrogen) atoms. The van der Waals surface area contributed by atoms with Crippen molar-refractivity contribution in [2.45, 2.75) is 191 Å². The number of benzene rings is 1. The standard InChI is InChI=1S/C52H81N3O13/c1-13-32-15-14-16-40(67-42-22-21-39(55(8)9)28(3)63-42)27(2)45(57)38-25-35-34-23-33(66-50-49(62-12)48(61-11)47(60-10)29(4)64-50)24-37(34)46(58)44(43(35)36(38)26-41(56)65-32)53-30-17-19-31(20-18-30)54-51(59)68-52(5,6)7/h17-20,25,27-29,32-37,39-40,42-44,46-50,53,58H,13-16,21-24,26H2,1-12H3,(H,54,59)/t27-,28?,29?,32+,33+,34+,35+,36-,37-,39+,40+,42+,43-,44-,46-,47+,48?,49+,50+/m1/s1. The fourth-order valence-corrected chi connectivity index (χ4v) is 12.5. The van der Waals surface area contributed by atoms with Crippen molar-refractivity contribution in [1.82, 2.24) is 4.90 Å². The molecular weight excluding hydrogens is 875 g/mol. The predicted molar refractivity (Wildman–Crippen MR) is 255 cm³/mol. The minimum absolute atomic E-state index is 0.00792. The van der Waals surface area contributed by atoms with E-state index in [2.05, 4.69) is 42.6 Å². The van der Waals surface area contributed by atoms with Crippen LogP contribution in [0.2, 0.25) is 0 Å². The molecule has 1 amide bonds. The maximum absolute atomic E-state index is 15.3. The van der Waals surface area contributed by atoms with Crippen molar-refractivity contribution in [3.8, 4) is 0 Å². The fourth-order valence-electron chi connectivity index (χ4n) is 12.5. The quantitative estimate of drug-likeness (QED) is 0.180. The van der Waals surface area contributed by atoms with E-state index in [1.807, 2.05) is 32.9 Å². The summed E-state index contributed by atoms with van der Waals surface area (Å²) in [4.78, 5) is 44.3. The molecule has 0 spiro atoms. The number of rotatable bonds is 12. The van der Waals surface area contributed by atoms with E-state index >= 15 is 4.79 Å². The minimum atomic E-state index is -0.892. The number of aliphatic hydroxyl groups excluding tert-OH is 1. The first kappa shape index (κ1) is 52.6. The Bertz CT molecular complexity index is 1890. The van der Waals surface area contributed by atoms with Gasteiger partial charge in [0.15, 0.2) is 18.4 Å². The zero-order valence-electron chi connectivity index (χ0n) is 42.5. The molecule has 0 bridgehead atoms. The summed E-state index contributed by atoms with van der Waals surface area (Å²) < 4.78 is 55.8. The van der Waals surface area contributed by atoms with Crippen LogP contribution < -0.4 is 10.6 Å². The first-order valence-corrected chi connectivity index (χ1v) is 25.2. The van der Waals surface area contributed by atoms with Gasteiger partial charge in [0, 0.05) is 50.6 Å². The molecule has 0 aromatic heterocycles. The highest BCUT2D eigenvalue weighted by molar-refractivity contribution is 5.99. The zero-order chi connectivity index (χ0) is 49.2. The van der Waals surface area contributed by atoms with Crippen molar-refractivity contribution in [1.29, 1.82) is 0 Å². The molecule has 3 aliphatic heterocycles. The summed E-state index contributed by atoms with van der Waals surface area (Å²) in [6, 6.07) is 6.94. The average Bonchev–Trinajstić information content (AvgIpc) is 3.87. The summed E-state index contributed by atoms with van der Waals surface area (Å²) in [6.45, 7) is 13.4. The van der Waals surface area contributed by atoms with Crippen LogP contribution in [0.4, 0.5) is 16.2 Å². The first-order chi connectivity index (χ1) is 32.3. The van der Waals surface area contributed by atoms with Crippen molar-refractivity contribution < 1.29 is 62.1 Å². The number of allylic oxidation sites excluding steroid dienone is 2. The van der Waals surface area contributed by atoms with Gasteiger partial charge < -0.3 is 58.0 Å². The van der Waals surface area contributed by atoms with Crippen molar-refractivity contribution in [2.24, 2.45) is 35.5 Å². The van der Waals surface area contributed by atoms with Crippen LogP contribution in [0.5, 0.6) is 0 Å². The molecule has 382 valence electrons. The zero-order valence-corrected chi connectivity index (χ0v) is 42.5. The lowest BCUT2D eigenvalue weighted by Crippen LogP contribution is -2.59. The van der Waals surface area contributed by atoms with E-state index in [4.69, 9.17) is 42.6 Å². The number of cyclic esters (lactones) is 1. The van der Waals surface area contributed by atoms with E-state index in [1.165, 1.54) is 0 Å². The molecule has 3 unspecified atom stereocenters. The van der Waals surface area contributed by atoms with Gasteiger partial charge in [0.25, 0.3) is 0 Å². The molecule has 5 fully saturated rings. The molecule has 2 saturated carbocycles. The van der Waals surface area contributed by atoms with Crippen LogP contribution in [-0.2, 0) is 52.2 Å². The minimum Gasteiger partial charge on any atom is -0.462 e. The second kappa shape index (κ2) is 22.5. The molecule has 16 heteroatoms. The monoisotopic (exact) mass is 956 g/mol. The lowest BCUT2D eigenvalue weighted by Gasteiger charge is -2.47. The number of amides is 1. The second-order valence-electron chi connectivity index (χ2n) is 21.5. The second-order valence-corrected chi connectivity index (χ2v) is 21.5. The summed E-state index contributed by atoms with van der Waals surface area (Å²) in [5.41, 5.74) is 1.18. The number of methoxy groups -OCH3 is 3. The number of anilines is 2. The Kier molecular flexibility index (Phi) is 17.4. The lowest BCUT2D eigenvalue weighted by molar-refractivity contribution is -0.314. The number of carbonyl (C=O) groups is 3. The van der Waals surface area contributed by atoms with E-state index in [0.29, 0.717) is 49.1 Å². The molecule has 3 N–H and O–H groups in total. The summed E-state index contributed by atoms with van der Waals surface area (Å²) in [5, 5.41) is 19.2. The highest BCUT2D eigenvalue weighted by Gasteiger charge is 2.60. The van der Waals surface area contributed by atoms with Crippen LogP contribution in [0.1, 0.15) is 106 Å². The van der Waals surface area contributed by atoms with Crippen LogP contribution in [0.3, 0.4) is 0 Å². The molecule has 1 aromatic carbocycles. The van der Waals surface area contributed by atoms with E-state index in [-0.39, 0.29) is 78.4 Å². The van der Waals surface area contributed by atoms with Gasteiger partial charge in [-0.3, -0.25) is 14.9 Å². The van der Waals surface area contributed by atoms with Crippen LogP contribution in [0, 0.1) is 35.5 Å². The number of hydrogen-bond acceptors (Lipinski definition) is 15. The number of nitrogens with zero attached hydrogens (tertiary/aromatic N) is 1. The summed E-state index contributed by atoms with van der Waals surface area (Å²) in [6.07, 6.45) is 2.12. The molecule has 19 atom stereocenters. The van der Waals surface area contributed by atoms with Gasteiger partial charge >= 0.3 is 12.1 Å². The Morgan fingerprint density at radius 1 is 0.853 bits per heavy atom. The van der Waals surface area contributed by atoms with Gasteiger partial charge in [0.2, 0.25) is 0 Å². The third-order valence-corrected chi connectivity index (χ3v) is 15.8. The number of ketones is 1. The third-order valence-electron chi connectivity index (χ3n) is 15.8.